The smallest absolute Gasteiger partial charge is 0.289 e. The highest BCUT2D eigenvalue weighted by atomic mass is 16.2. The minimum absolute atomic E-state index is 0.0224. The van der Waals surface area contributed by atoms with Crippen molar-refractivity contribution >= 4 is 23.5 Å². The van der Waals surface area contributed by atoms with E-state index >= 15 is 0 Å². The number of pyridine rings is 1. The van der Waals surface area contributed by atoms with E-state index in [2.05, 4.69) is 15.6 Å². The predicted molar refractivity (Wildman–Crippen MR) is 130 cm³/mol. The van der Waals surface area contributed by atoms with Crippen LogP contribution in [-0.2, 0) is 20.8 Å². The van der Waals surface area contributed by atoms with Crippen LogP contribution in [0.2, 0.25) is 0 Å². The summed E-state index contributed by atoms with van der Waals surface area (Å²) >= 11 is 0. The number of nitrogens with one attached hydrogen (secondary N) is 2. The molecule has 0 radical (unpaired) electrons. The van der Waals surface area contributed by atoms with Crippen LogP contribution in [0.4, 0.5) is 0 Å². The fraction of sp³-hybridized carbons (Fsp3) is 0.444. The van der Waals surface area contributed by atoms with Gasteiger partial charge in [0, 0.05) is 25.2 Å². The Morgan fingerprint density at radius 3 is 2.37 bits per heavy atom. The van der Waals surface area contributed by atoms with E-state index in [1.54, 1.807) is 18.2 Å². The van der Waals surface area contributed by atoms with Crippen molar-refractivity contribution in [2.45, 2.75) is 69.5 Å². The van der Waals surface area contributed by atoms with Gasteiger partial charge >= 0.3 is 0 Å². The van der Waals surface area contributed by atoms with Gasteiger partial charge in [0.1, 0.15) is 17.8 Å². The van der Waals surface area contributed by atoms with Crippen molar-refractivity contribution in [2.24, 2.45) is 0 Å². The third-order valence-electron chi connectivity index (χ3n) is 6.79. The molecule has 2 heterocycles. The number of benzene rings is 1. The Balaban J connectivity index is 1.48. The molecular weight excluding hydrogens is 444 g/mol. The highest BCUT2D eigenvalue weighted by Crippen LogP contribution is 2.22. The minimum atomic E-state index is -0.887. The zero-order chi connectivity index (χ0) is 24.6. The molecule has 1 aromatic carbocycles. The summed E-state index contributed by atoms with van der Waals surface area (Å²) in [6, 6.07) is 12.7. The first kappa shape index (κ1) is 24.6. The number of nitrogens with zero attached hydrogens (tertiary/aromatic N) is 2. The van der Waals surface area contributed by atoms with Crippen LogP contribution in [0.15, 0.2) is 54.7 Å². The largest absolute Gasteiger partial charge is 0.347 e. The number of likely N-dealkylation sites (tertiary alicyclic amines) is 1. The number of carbonyl (C=O) groups is 4. The lowest BCUT2D eigenvalue weighted by molar-refractivity contribution is -0.145. The molecule has 0 bridgehead atoms. The highest BCUT2D eigenvalue weighted by molar-refractivity contribution is 6.38. The first-order valence-corrected chi connectivity index (χ1v) is 12.4. The lowest BCUT2D eigenvalue weighted by Gasteiger charge is -2.29. The van der Waals surface area contributed by atoms with Crippen molar-refractivity contribution in [1.82, 2.24) is 20.5 Å². The molecule has 35 heavy (non-hydrogen) atoms. The monoisotopic (exact) mass is 476 g/mol. The zero-order valence-corrected chi connectivity index (χ0v) is 19.8. The molecule has 1 aromatic heterocycles. The molecule has 2 fully saturated rings. The van der Waals surface area contributed by atoms with E-state index < -0.39 is 29.7 Å². The molecule has 1 saturated carbocycles. The molecule has 0 spiro atoms. The Labute approximate surface area is 205 Å². The van der Waals surface area contributed by atoms with Gasteiger partial charge in [-0.3, -0.25) is 24.2 Å². The average molecular weight is 477 g/mol. The van der Waals surface area contributed by atoms with Crippen LogP contribution in [0, 0.1) is 0 Å². The van der Waals surface area contributed by atoms with E-state index in [0.29, 0.717) is 19.4 Å². The van der Waals surface area contributed by atoms with Gasteiger partial charge in [0.2, 0.25) is 11.7 Å². The lowest BCUT2D eigenvalue weighted by Crippen LogP contribution is -2.55. The predicted octanol–water partition coefficient (Wildman–Crippen LogP) is 2.43. The Kier molecular flexibility index (Phi) is 8.23. The molecule has 3 amide bonds. The summed E-state index contributed by atoms with van der Waals surface area (Å²) in [5.74, 6) is -2.01. The molecule has 2 aromatic rings. The zero-order valence-electron chi connectivity index (χ0n) is 19.8. The quantitative estimate of drug-likeness (QED) is 0.569. The molecule has 1 saturated heterocycles. The summed E-state index contributed by atoms with van der Waals surface area (Å²) in [6.45, 7) is 0.372. The maximum Gasteiger partial charge on any atom is 0.289 e. The summed E-state index contributed by atoms with van der Waals surface area (Å²) in [5, 5.41) is 5.68. The number of aromatic nitrogens is 1. The summed E-state index contributed by atoms with van der Waals surface area (Å²) in [6.07, 6.45) is 7.86. The van der Waals surface area contributed by atoms with Gasteiger partial charge in [-0.2, -0.15) is 0 Å². The Morgan fingerprint density at radius 2 is 1.66 bits per heavy atom. The van der Waals surface area contributed by atoms with E-state index in [9.17, 15) is 19.2 Å². The summed E-state index contributed by atoms with van der Waals surface area (Å²) in [7, 11) is 0. The third kappa shape index (κ3) is 6.32. The molecule has 2 atom stereocenters. The van der Waals surface area contributed by atoms with Crippen LogP contribution in [0.5, 0.6) is 0 Å². The fourth-order valence-corrected chi connectivity index (χ4v) is 4.94. The standard InChI is InChI=1S/C27H32N4O4/c32-24(26(34)29-20-12-5-2-6-13-20)23-15-9-17-31(23)27(35)22(18-19-10-3-1-4-11-19)30-25(33)21-14-7-8-16-28-21/h1,3-4,7-8,10-11,14,16,20,22-23H,2,5-6,9,12-13,15,17-18H2,(H,29,34)(H,30,33)/t22-,23-/m0/s1. The Bertz CT molecular complexity index is 1040. The SMILES string of the molecule is O=C(NC1CCCCC1)C(=O)[C@@H]1CCCN1C(=O)[C@H](Cc1ccccc1)NC(=O)c1ccccn1. The number of hydrogen-bond donors (Lipinski definition) is 2. The first-order chi connectivity index (χ1) is 17.0. The van der Waals surface area contributed by atoms with E-state index in [0.717, 1.165) is 37.7 Å². The first-order valence-electron chi connectivity index (χ1n) is 12.4. The van der Waals surface area contributed by atoms with E-state index in [4.69, 9.17) is 0 Å². The van der Waals surface area contributed by atoms with Crippen molar-refractivity contribution in [3.8, 4) is 0 Å². The molecule has 1 aliphatic carbocycles. The number of rotatable bonds is 8. The van der Waals surface area contributed by atoms with Gasteiger partial charge in [0.05, 0.1) is 0 Å². The molecule has 2 aliphatic rings. The average Bonchev–Trinajstić information content (AvgIpc) is 3.39. The van der Waals surface area contributed by atoms with Crippen LogP contribution in [0.1, 0.15) is 61.0 Å². The number of carbonyl (C=O) groups excluding carboxylic acids is 4. The van der Waals surface area contributed by atoms with Gasteiger partial charge in [-0.15, -0.1) is 0 Å². The van der Waals surface area contributed by atoms with E-state index in [-0.39, 0.29) is 24.1 Å². The molecule has 4 rings (SSSR count). The van der Waals surface area contributed by atoms with Gasteiger partial charge in [-0.25, -0.2) is 0 Å². The van der Waals surface area contributed by atoms with Gasteiger partial charge in [-0.1, -0.05) is 55.7 Å². The molecule has 8 heteroatoms. The molecule has 184 valence electrons. The molecule has 2 N–H and O–H groups in total. The lowest BCUT2D eigenvalue weighted by atomic mass is 9.95. The number of ketones is 1. The second-order valence-electron chi connectivity index (χ2n) is 9.29. The van der Waals surface area contributed by atoms with Crippen molar-refractivity contribution in [3.63, 3.8) is 0 Å². The van der Waals surface area contributed by atoms with Crippen molar-refractivity contribution in [3.05, 3.63) is 66.0 Å². The summed E-state index contributed by atoms with van der Waals surface area (Å²) in [4.78, 5) is 57.8. The van der Waals surface area contributed by atoms with Crippen molar-refractivity contribution < 1.29 is 19.2 Å². The fourth-order valence-electron chi connectivity index (χ4n) is 4.94. The van der Waals surface area contributed by atoms with Crippen LogP contribution < -0.4 is 10.6 Å². The van der Waals surface area contributed by atoms with Gasteiger partial charge in [0.15, 0.2) is 0 Å². The third-order valence-corrected chi connectivity index (χ3v) is 6.79. The number of hydrogen-bond acceptors (Lipinski definition) is 5. The second kappa shape index (κ2) is 11.7. The van der Waals surface area contributed by atoms with Gasteiger partial charge < -0.3 is 15.5 Å². The van der Waals surface area contributed by atoms with Crippen LogP contribution in [0.25, 0.3) is 0 Å². The van der Waals surface area contributed by atoms with E-state index in [1.807, 2.05) is 30.3 Å². The molecular formula is C27H32N4O4. The second-order valence-corrected chi connectivity index (χ2v) is 9.29. The van der Waals surface area contributed by atoms with Crippen LogP contribution >= 0.6 is 0 Å². The molecule has 8 nitrogen and oxygen atoms in total. The maximum atomic E-state index is 13.7. The van der Waals surface area contributed by atoms with Crippen LogP contribution in [-0.4, -0.2) is 58.1 Å². The Hall–Kier alpha value is -3.55. The van der Waals surface area contributed by atoms with Crippen molar-refractivity contribution in [2.75, 3.05) is 6.54 Å². The minimum Gasteiger partial charge on any atom is -0.347 e. The highest BCUT2D eigenvalue weighted by Gasteiger charge is 2.40. The number of amides is 3. The summed E-state index contributed by atoms with van der Waals surface area (Å²) < 4.78 is 0. The summed E-state index contributed by atoms with van der Waals surface area (Å²) in [5.41, 5.74) is 1.09. The van der Waals surface area contributed by atoms with E-state index in [1.165, 1.54) is 11.1 Å². The maximum absolute atomic E-state index is 13.7. The Morgan fingerprint density at radius 1 is 0.914 bits per heavy atom. The van der Waals surface area contributed by atoms with Crippen molar-refractivity contribution in [1.29, 1.82) is 0 Å². The van der Waals surface area contributed by atoms with Gasteiger partial charge in [-0.05, 0) is 43.4 Å². The van der Waals surface area contributed by atoms with Crippen LogP contribution in [0.3, 0.4) is 0 Å². The molecule has 0 unspecified atom stereocenters. The topological polar surface area (TPSA) is 108 Å². The molecule has 1 aliphatic heterocycles. The number of Topliss-reactive ketones (excluding diaryl/α,β-unsaturated/α-hetero) is 1. The van der Waals surface area contributed by atoms with Gasteiger partial charge in [0.25, 0.3) is 11.8 Å². The normalized spacial score (nSPS) is 19.1.